The number of ether oxygens (including phenoxy) is 3. The minimum Gasteiger partial charge on any atom is -0.497 e. The van der Waals surface area contributed by atoms with E-state index in [9.17, 15) is 4.79 Å². The maximum Gasteiger partial charge on any atom is 0.254 e. The lowest BCUT2D eigenvalue weighted by Crippen LogP contribution is -2.48. The third-order valence-corrected chi connectivity index (χ3v) is 6.77. The number of nitrogens with one attached hydrogen (secondary N) is 1. The van der Waals surface area contributed by atoms with Crippen molar-refractivity contribution in [3.8, 4) is 17.2 Å². The fourth-order valence-corrected chi connectivity index (χ4v) is 5.28. The summed E-state index contributed by atoms with van der Waals surface area (Å²) in [6, 6.07) is 16.0. The first-order valence-corrected chi connectivity index (χ1v) is 11.3. The molecule has 31 heavy (non-hydrogen) atoms. The summed E-state index contributed by atoms with van der Waals surface area (Å²) in [6.07, 6.45) is 4.38. The van der Waals surface area contributed by atoms with Gasteiger partial charge in [-0.1, -0.05) is 12.1 Å². The number of fused-ring (bicyclic) bond motifs is 3. The Kier molecular flexibility index (Phi) is 5.72. The molecule has 2 bridgehead atoms. The minimum atomic E-state index is 0.0309. The average molecular weight is 423 g/mol. The number of carbonyl (C=O) groups excluding carboxylic acids is 1. The Hall–Kier alpha value is -2.73. The number of hydrogen-bond acceptors (Lipinski definition) is 5. The summed E-state index contributed by atoms with van der Waals surface area (Å²) in [5.74, 6) is 3.18. The molecule has 5 rings (SSSR count). The lowest BCUT2D eigenvalue weighted by Gasteiger charge is -2.39. The topological polar surface area (TPSA) is 60.0 Å². The molecule has 0 radical (unpaired) electrons. The van der Waals surface area contributed by atoms with Gasteiger partial charge in [0.15, 0.2) is 11.5 Å². The smallest absolute Gasteiger partial charge is 0.254 e. The van der Waals surface area contributed by atoms with Crippen LogP contribution >= 0.6 is 0 Å². The Labute approximate surface area is 183 Å². The van der Waals surface area contributed by atoms with Gasteiger partial charge in [0.05, 0.1) is 7.11 Å². The Morgan fingerprint density at radius 2 is 1.74 bits per heavy atom. The molecule has 0 aliphatic carbocycles. The number of benzene rings is 2. The monoisotopic (exact) mass is 422 g/mol. The van der Waals surface area contributed by atoms with Crippen LogP contribution in [0.25, 0.3) is 0 Å². The van der Waals surface area contributed by atoms with Crippen LogP contribution in [0, 0.1) is 5.92 Å². The number of carbonyl (C=O) groups is 1. The molecule has 3 aliphatic rings. The molecular weight excluding hydrogens is 392 g/mol. The van der Waals surface area contributed by atoms with Crippen LogP contribution in [-0.2, 0) is 0 Å². The van der Waals surface area contributed by atoms with Crippen molar-refractivity contribution in [3.05, 3.63) is 54.1 Å². The van der Waals surface area contributed by atoms with Crippen LogP contribution in [0.15, 0.2) is 48.5 Å². The standard InChI is InChI=1S/C25H30N2O4/c1-29-21-10-6-18(7-11-21)25(28)27-19-8-9-20(27)13-17(12-19)14-26-15-22-16-30-23-4-2-3-5-24(23)31-22/h2-7,10-11,17,19-20,22,26H,8-9,12-16H2,1H3. The van der Waals surface area contributed by atoms with Crippen molar-refractivity contribution in [3.63, 3.8) is 0 Å². The predicted molar refractivity (Wildman–Crippen MR) is 118 cm³/mol. The molecule has 1 N–H and O–H groups in total. The number of piperidine rings is 1. The van der Waals surface area contributed by atoms with E-state index in [4.69, 9.17) is 14.2 Å². The SMILES string of the molecule is COc1ccc(C(=O)N2C3CCC2CC(CNCC2COc4ccccc4O2)C3)cc1. The molecule has 0 aromatic heterocycles. The first-order valence-electron chi connectivity index (χ1n) is 11.3. The summed E-state index contributed by atoms with van der Waals surface area (Å²) in [5, 5.41) is 3.59. The van der Waals surface area contributed by atoms with E-state index in [0.29, 0.717) is 24.6 Å². The van der Waals surface area contributed by atoms with Gasteiger partial charge in [-0.05, 0) is 74.5 Å². The molecule has 2 aromatic carbocycles. The van der Waals surface area contributed by atoms with E-state index in [1.165, 1.54) is 0 Å². The average Bonchev–Trinajstić information content (AvgIpc) is 3.08. The molecule has 2 saturated heterocycles. The zero-order valence-electron chi connectivity index (χ0n) is 18.0. The molecule has 2 fully saturated rings. The molecule has 6 heteroatoms. The van der Waals surface area contributed by atoms with Gasteiger partial charge in [-0.2, -0.15) is 0 Å². The molecule has 0 saturated carbocycles. The Morgan fingerprint density at radius 1 is 1.03 bits per heavy atom. The highest BCUT2D eigenvalue weighted by atomic mass is 16.6. The van der Waals surface area contributed by atoms with Crippen molar-refractivity contribution in [1.29, 1.82) is 0 Å². The van der Waals surface area contributed by atoms with E-state index in [0.717, 1.165) is 61.6 Å². The van der Waals surface area contributed by atoms with Crippen LogP contribution in [0.1, 0.15) is 36.0 Å². The van der Waals surface area contributed by atoms with E-state index < -0.39 is 0 Å². The number of rotatable bonds is 6. The van der Waals surface area contributed by atoms with Crippen LogP contribution in [0.4, 0.5) is 0 Å². The van der Waals surface area contributed by atoms with Crippen LogP contribution < -0.4 is 19.5 Å². The van der Waals surface area contributed by atoms with Crippen molar-refractivity contribution in [1.82, 2.24) is 10.2 Å². The van der Waals surface area contributed by atoms with Gasteiger partial charge in [0.2, 0.25) is 0 Å². The second-order valence-electron chi connectivity index (χ2n) is 8.82. The molecule has 1 amide bonds. The van der Waals surface area contributed by atoms with Gasteiger partial charge in [-0.3, -0.25) is 4.79 Å². The highest BCUT2D eigenvalue weighted by Gasteiger charge is 2.43. The van der Waals surface area contributed by atoms with Gasteiger partial charge in [0.25, 0.3) is 5.91 Å². The van der Waals surface area contributed by atoms with Crippen molar-refractivity contribution < 1.29 is 19.0 Å². The summed E-state index contributed by atoms with van der Waals surface area (Å²) >= 11 is 0. The van der Waals surface area contributed by atoms with E-state index >= 15 is 0 Å². The molecule has 0 spiro atoms. The fraction of sp³-hybridized carbons (Fsp3) is 0.480. The third kappa shape index (κ3) is 4.22. The minimum absolute atomic E-state index is 0.0309. The molecule has 3 heterocycles. The second kappa shape index (κ2) is 8.79. The quantitative estimate of drug-likeness (QED) is 0.772. The summed E-state index contributed by atoms with van der Waals surface area (Å²) in [4.78, 5) is 15.3. The van der Waals surface area contributed by atoms with Gasteiger partial charge in [-0.25, -0.2) is 0 Å². The summed E-state index contributed by atoms with van der Waals surface area (Å²) in [5.41, 5.74) is 0.754. The maximum atomic E-state index is 13.1. The molecule has 2 aromatic rings. The van der Waals surface area contributed by atoms with E-state index in [-0.39, 0.29) is 12.0 Å². The highest BCUT2D eigenvalue weighted by Crippen LogP contribution is 2.39. The zero-order chi connectivity index (χ0) is 21.2. The molecule has 3 atom stereocenters. The van der Waals surface area contributed by atoms with Gasteiger partial charge < -0.3 is 24.4 Å². The van der Waals surface area contributed by atoms with Gasteiger partial charge >= 0.3 is 0 Å². The number of methoxy groups -OCH3 is 1. The van der Waals surface area contributed by atoms with Crippen molar-refractivity contribution in [2.24, 2.45) is 5.92 Å². The normalized spacial score (nSPS) is 26.5. The Morgan fingerprint density at radius 3 is 2.45 bits per heavy atom. The predicted octanol–water partition coefficient (Wildman–Crippen LogP) is 3.51. The first-order chi connectivity index (χ1) is 15.2. The fourth-order valence-electron chi connectivity index (χ4n) is 5.28. The molecule has 164 valence electrons. The van der Waals surface area contributed by atoms with Crippen molar-refractivity contribution >= 4 is 5.91 Å². The van der Waals surface area contributed by atoms with Gasteiger partial charge in [-0.15, -0.1) is 0 Å². The van der Waals surface area contributed by atoms with Gasteiger partial charge in [0.1, 0.15) is 18.5 Å². The lowest BCUT2D eigenvalue weighted by atomic mass is 9.90. The first kappa shape index (κ1) is 20.2. The van der Waals surface area contributed by atoms with Gasteiger partial charge in [0, 0.05) is 24.2 Å². The molecular formula is C25H30N2O4. The van der Waals surface area contributed by atoms with E-state index in [1.807, 2.05) is 48.5 Å². The van der Waals surface area contributed by atoms with Crippen molar-refractivity contribution in [2.75, 3.05) is 26.8 Å². The lowest BCUT2D eigenvalue weighted by molar-refractivity contribution is 0.0515. The summed E-state index contributed by atoms with van der Waals surface area (Å²) in [6.45, 7) is 2.30. The Balaban J connectivity index is 1.12. The number of hydrogen-bond donors (Lipinski definition) is 1. The molecule has 3 aliphatic heterocycles. The summed E-state index contributed by atoms with van der Waals surface area (Å²) in [7, 11) is 1.64. The third-order valence-electron chi connectivity index (χ3n) is 6.77. The zero-order valence-corrected chi connectivity index (χ0v) is 18.0. The number of para-hydroxylation sites is 2. The van der Waals surface area contributed by atoms with Crippen LogP contribution in [0.5, 0.6) is 17.2 Å². The van der Waals surface area contributed by atoms with Crippen LogP contribution in [0.3, 0.4) is 0 Å². The van der Waals surface area contributed by atoms with E-state index in [2.05, 4.69) is 10.2 Å². The Bertz CT molecular complexity index is 902. The number of nitrogens with zero attached hydrogens (tertiary/aromatic N) is 1. The second-order valence-corrected chi connectivity index (χ2v) is 8.82. The summed E-state index contributed by atoms with van der Waals surface area (Å²) < 4.78 is 17.1. The van der Waals surface area contributed by atoms with Crippen molar-refractivity contribution in [2.45, 2.75) is 43.9 Å². The maximum absolute atomic E-state index is 13.1. The van der Waals surface area contributed by atoms with Crippen LogP contribution in [0.2, 0.25) is 0 Å². The molecule has 3 unspecified atom stereocenters. The number of amides is 1. The van der Waals surface area contributed by atoms with E-state index in [1.54, 1.807) is 7.11 Å². The highest BCUT2D eigenvalue weighted by molar-refractivity contribution is 5.95. The van der Waals surface area contributed by atoms with Crippen LogP contribution in [-0.4, -0.2) is 55.8 Å². The molecule has 6 nitrogen and oxygen atoms in total. The largest absolute Gasteiger partial charge is 0.497 e.